The fourth-order valence-corrected chi connectivity index (χ4v) is 4.18. The molecule has 0 amide bonds. The van der Waals surface area contributed by atoms with E-state index in [1.54, 1.807) is 48.1 Å². The predicted molar refractivity (Wildman–Crippen MR) is 126 cm³/mol. The van der Waals surface area contributed by atoms with E-state index in [1.807, 2.05) is 19.9 Å². The van der Waals surface area contributed by atoms with Crippen LogP contribution in [0.2, 0.25) is 10.0 Å². The number of methoxy groups -OCH3 is 1. The van der Waals surface area contributed by atoms with E-state index in [2.05, 4.69) is 20.9 Å². The second-order valence-electron chi connectivity index (χ2n) is 6.96. The van der Waals surface area contributed by atoms with Crippen LogP contribution in [0.25, 0.3) is 0 Å². The number of halogens is 3. The molecule has 0 aliphatic rings. The van der Waals surface area contributed by atoms with Crippen molar-refractivity contribution in [1.82, 2.24) is 9.55 Å². The Balaban J connectivity index is 2.37. The maximum Gasteiger partial charge on any atom is 0.356 e. The largest absolute Gasteiger partial charge is 0.476 e. The molecule has 0 aliphatic heterocycles. The van der Waals surface area contributed by atoms with Crippen molar-refractivity contribution in [3.63, 3.8) is 0 Å². The molecule has 1 aromatic heterocycles. The van der Waals surface area contributed by atoms with Gasteiger partial charge < -0.3 is 14.4 Å². The predicted octanol–water partition coefficient (Wildman–Crippen LogP) is 6.34. The summed E-state index contributed by atoms with van der Waals surface area (Å²) in [6, 6.07) is 12.2. The van der Waals surface area contributed by atoms with E-state index >= 15 is 0 Å². The van der Waals surface area contributed by atoms with Crippen LogP contribution in [0, 0.1) is 6.92 Å². The first-order chi connectivity index (χ1) is 14.7. The van der Waals surface area contributed by atoms with E-state index < -0.39 is 5.97 Å². The van der Waals surface area contributed by atoms with Gasteiger partial charge in [0.2, 0.25) is 0 Å². The number of imidazole rings is 1. The molecule has 0 aliphatic carbocycles. The van der Waals surface area contributed by atoms with E-state index in [9.17, 15) is 9.90 Å². The lowest BCUT2D eigenvalue weighted by Gasteiger charge is -2.19. The van der Waals surface area contributed by atoms with Crippen molar-refractivity contribution in [2.24, 2.45) is 4.99 Å². The first-order valence-electron chi connectivity index (χ1n) is 9.34. The molecule has 0 radical (unpaired) electrons. The molecule has 6 nitrogen and oxygen atoms in total. The highest BCUT2D eigenvalue weighted by Crippen LogP contribution is 2.30. The Morgan fingerprint density at radius 1 is 1.23 bits per heavy atom. The molecule has 2 aromatic carbocycles. The molecule has 0 spiro atoms. The summed E-state index contributed by atoms with van der Waals surface area (Å²) in [7, 11) is 1.59. The van der Waals surface area contributed by atoms with Gasteiger partial charge in [-0.1, -0.05) is 41.4 Å². The van der Waals surface area contributed by atoms with Crippen LogP contribution >= 0.6 is 39.1 Å². The molecule has 1 N–H and O–H groups in total. The van der Waals surface area contributed by atoms with Crippen molar-refractivity contribution in [3.8, 4) is 0 Å². The number of carboxylic acids is 1. The van der Waals surface area contributed by atoms with Gasteiger partial charge in [0.1, 0.15) is 5.69 Å². The molecule has 9 heteroatoms. The molecule has 1 atom stereocenters. The standard InChI is InChI=1S/C22H20BrCl2N3O3/c1-12-4-7-16(25)10-17(12)26-18(14-5-8-15(24)9-6-14)20-19(21(29)30)27-22(23)28(20)13(2)11-31-3/h4-10,13H,11H2,1-3H3,(H,29,30)/t13-/m0/s1. The van der Waals surface area contributed by atoms with Crippen molar-refractivity contribution < 1.29 is 14.6 Å². The highest BCUT2D eigenvalue weighted by Gasteiger charge is 2.28. The molecule has 3 aromatic rings. The van der Waals surface area contributed by atoms with Gasteiger partial charge in [-0.25, -0.2) is 14.8 Å². The Labute approximate surface area is 198 Å². The minimum absolute atomic E-state index is 0.122. The van der Waals surface area contributed by atoms with E-state index in [-0.39, 0.29) is 11.7 Å². The molecule has 3 rings (SSSR count). The van der Waals surface area contributed by atoms with Crippen molar-refractivity contribution in [2.45, 2.75) is 19.9 Å². The molecule has 1 heterocycles. The minimum atomic E-state index is -1.16. The van der Waals surface area contributed by atoms with Crippen LogP contribution in [0.1, 0.15) is 40.3 Å². The van der Waals surface area contributed by atoms with E-state index in [1.165, 1.54) is 0 Å². The summed E-state index contributed by atoms with van der Waals surface area (Å²) in [6.07, 6.45) is 0. The number of aromatic carboxylic acids is 1. The Bertz CT molecular complexity index is 1140. The maximum atomic E-state index is 12.1. The third-order valence-corrected chi connectivity index (χ3v) is 5.71. The van der Waals surface area contributed by atoms with Crippen molar-refractivity contribution in [1.29, 1.82) is 0 Å². The van der Waals surface area contributed by atoms with Crippen LogP contribution in [0.15, 0.2) is 52.2 Å². The smallest absolute Gasteiger partial charge is 0.356 e. The van der Waals surface area contributed by atoms with E-state index in [0.717, 1.165) is 5.56 Å². The van der Waals surface area contributed by atoms with Crippen LogP contribution in [0.3, 0.4) is 0 Å². The molecule has 31 heavy (non-hydrogen) atoms. The van der Waals surface area contributed by atoms with Crippen LogP contribution in [-0.2, 0) is 4.74 Å². The number of ether oxygens (including phenoxy) is 1. The van der Waals surface area contributed by atoms with Gasteiger partial charge in [0.05, 0.1) is 24.0 Å². The molecule has 0 saturated heterocycles. The fraction of sp³-hybridized carbons (Fsp3) is 0.227. The van der Waals surface area contributed by atoms with Gasteiger partial charge in [0, 0.05) is 22.7 Å². The second kappa shape index (κ2) is 9.96. The van der Waals surface area contributed by atoms with Gasteiger partial charge in [-0.2, -0.15) is 0 Å². The number of hydrogen-bond acceptors (Lipinski definition) is 4. The Morgan fingerprint density at radius 2 is 1.87 bits per heavy atom. The summed E-state index contributed by atoms with van der Waals surface area (Å²) in [4.78, 5) is 21.2. The van der Waals surface area contributed by atoms with E-state index in [4.69, 9.17) is 32.9 Å². The first-order valence-corrected chi connectivity index (χ1v) is 10.9. The average Bonchev–Trinajstić information content (AvgIpc) is 3.07. The van der Waals surface area contributed by atoms with E-state index in [0.29, 0.717) is 44.0 Å². The Morgan fingerprint density at radius 3 is 2.48 bits per heavy atom. The molecular weight excluding hydrogens is 505 g/mol. The number of aryl methyl sites for hydroxylation is 1. The van der Waals surface area contributed by atoms with Gasteiger partial charge in [-0.3, -0.25) is 0 Å². The number of benzene rings is 2. The zero-order chi connectivity index (χ0) is 22.7. The van der Waals surface area contributed by atoms with Crippen LogP contribution in [0.5, 0.6) is 0 Å². The number of nitrogens with zero attached hydrogens (tertiary/aromatic N) is 3. The third-order valence-electron chi connectivity index (χ3n) is 4.66. The van der Waals surface area contributed by atoms with Crippen molar-refractivity contribution in [2.75, 3.05) is 13.7 Å². The van der Waals surface area contributed by atoms with Crippen molar-refractivity contribution >= 4 is 56.5 Å². The van der Waals surface area contributed by atoms with Crippen molar-refractivity contribution in [3.05, 3.63) is 79.8 Å². The zero-order valence-electron chi connectivity index (χ0n) is 17.1. The quantitative estimate of drug-likeness (QED) is 0.366. The highest BCUT2D eigenvalue weighted by molar-refractivity contribution is 9.10. The lowest BCUT2D eigenvalue weighted by atomic mass is 10.0. The lowest BCUT2D eigenvalue weighted by Crippen LogP contribution is -2.20. The third kappa shape index (κ3) is 5.18. The molecule has 0 fully saturated rings. The molecule has 0 bridgehead atoms. The summed E-state index contributed by atoms with van der Waals surface area (Å²) in [6.45, 7) is 4.17. The monoisotopic (exact) mass is 523 g/mol. The second-order valence-corrected chi connectivity index (χ2v) is 8.54. The minimum Gasteiger partial charge on any atom is -0.476 e. The molecular formula is C22H20BrCl2N3O3. The summed E-state index contributed by atoms with van der Waals surface area (Å²) in [5.74, 6) is -1.16. The topological polar surface area (TPSA) is 76.7 Å². The number of rotatable bonds is 7. The average molecular weight is 525 g/mol. The number of aromatic nitrogens is 2. The number of carbonyl (C=O) groups is 1. The van der Waals surface area contributed by atoms with Crippen LogP contribution in [-0.4, -0.2) is 40.1 Å². The summed E-state index contributed by atoms with van der Waals surface area (Å²) >= 11 is 15.7. The first kappa shape index (κ1) is 23.5. The van der Waals surface area contributed by atoms with Gasteiger partial charge in [0.25, 0.3) is 0 Å². The Hall–Kier alpha value is -2.19. The van der Waals surface area contributed by atoms with Gasteiger partial charge in [-0.15, -0.1) is 0 Å². The summed E-state index contributed by atoms with van der Waals surface area (Å²) < 4.78 is 7.43. The number of carboxylic acid groups (broad SMARTS) is 1. The highest BCUT2D eigenvalue weighted by atomic mass is 79.9. The van der Waals surface area contributed by atoms with Gasteiger partial charge in [-0.05, 0) is 59.6 Å². The normalized spacial score (nSPS) is 12.8. The van der Waals surface area contributed by atoms with Gasteiger partial charge >= 0.3 is 5.97 Å². The molecule has 162 valence electrons. The number of aliphatic imine (C=N–C) groups is 1. The summed E-state index contributed by atoms with van der Waals surface area (Å²) in [5.41, 5.74) is 2.86. The SMILES string of the molecule is COC[C@H](C)n1c(Br)nc(C(=O)O)c1C(=Nc1cc(Cl)ccc1C)c1ccc(Cl)cc1. The molecule has 0 saturated carbocycles. The Kier molecular flexibility index (Phi) is 7.54. The van der Waals surface area contributed by atoms with Crippen LogP contribution < -0.4 is 0 Å². The number of hydrogen-bond donors (Lipinski definition) is 1. The fourth-order valence-electron chi connectivity index (χ4n) is 3.18. The molecule has 0 unspecified atom stereocenters. The maximum absolute atomic E-state index is 12.1. The summed E-state index contributed by atoms with van der Waals surface area (Å²) in [5, 5.41) is 11.0. The zero-order valence-corrected chi connectivity index (χ0v) is 20.2. The lowest BCUT2D eigenvalue weighted by molar-refractivity contribution is 0.0690. The van der Waals surface area contributed by atoms with Gasteiger partial charge in [0.15, 0.2) is 10.4 Å². The van der Waals surface area contributed by atoms with Crippen LogP contribution in [0.4, 0.5) is 5.69 Å².